The first-order valence-corrected chi connectivity index (χ1v) is 6.83. The summed E-state index contributed by atoms with van der Waals surface area (Å²) in [4.78, 5) is 11.6. The van der Waals surface area contributed by atoms with Crippen molar-refractivity contribution in [1.29, 1.82) is 0 Å². The van der Waals surface area contributed by atoms with Crippen molar-refractivity contribution in [3.8, 4) is 5.75 Å². The van der Waals surface area contributed by atoms with E-state index in [2.05, 4.69) is 5.32 Å². The lowest BCUT2D eigenvalue weighted by Gasteiger charge is -2.25. The molecule has 1 heterocycles. The number of carbonyl (C=O) groups is 1. The number of carbonyl (C=O) groups excluding carboxylic acids is 1. The zero-order chi connectivity index (χ0) is 14.5. The number of halogens is 1. The molecule has 1 aromatic carbocycles. The second-order valence-corrected chi connectivity index (χ2v) is 4.96. The molecule has 110 valence electrons. The minimum Gasteiger partial charge on any atom is -0.496 e. The highest BCUT2D eigenvalue weighted by molar-refractivity contribution is 6.33. The fourth-order valence-electron chi connectivity index (χ4n) is 2.16. The van der Waals surface area contributed by atoms with E-state index in [1.54, 1.807) is 12.1 Å². The Morgan fingerprint density at radius 1 is 1.35 bits per heavy atom. The lowest BCUT2D eigenvalue weighted by Crippen LogP contribution is -2.28. The molecule has 1 N–H and O–H groups in total. The number of benzene rings is 1. The summed E-state index contributed by atoms with van der Waals surface area (Å²) in [5.41, 5.74) is 1.07. The van der Waals surface area contributed by atoms with E-state index in [1.807, 2.05) is 0 Å². The molecule has 0 radical (unpaired) electrons. The average molecular weight is 300 g/mol. The van der Waals surface area contributed by atoms with Crippen molar-refractivity contribution in [3.05, 3.63) is 22.7 Å². The molecular formula is C14H18ClNO4. The highest BCUT2D eigenvalue weighted by Gasteiger charge is 2.19. The van der Waals surface area contributed by atoms with Crippen molar-refractivity contribution < 1.29 is 19.0 Å². The van der Waals surface area contributed by atoms with E-state index in [1.165, 1.54) is 14.2 Å². The molecule has 0 spiro atoms. The van der Waals surface area contributed by atoms with E-state index in [4.69, 9.17) is 25.8 Å². The molecule has 1 aliphatic rings. The maximum atomic E-state index is 11.6. The van der Waals surface area contributed by atoms with Crippen LogP contribution in [-0.2, 0) is 9.47 Å². The highest BCUT2D eigenvalue weighted by atomic mass is 35.5. The topological polar surface area (TPSA) is 56.8 Å². The number of ether oxygens (including phenoxy) is 3. The zero-order valence-corrected chi connectivity index (χ0v) is 12.3. The number of anilines is 1. The van der Waals surface area contributed by atoms with Crippen LogP contribution < -0.4 is 10.1 Å². The largest absolute Gasteiger partial charge is 0.496 e. The maximum absolute atomic E-state index is 11.6. The van der Waals surface area contributed by atoms with Crippen LogP contribution in [0, 0.1) is 0 Å². The van der Waals surface area contributed by atoms with Crippen molar-refractivity contribution in [1.82, 2.24) is 0 Å². The Kier molecular flexibility index (Phi) is 5.09. The lowest BCUT2D eigenvalue weighted by molar-refractivity contribution is 0.0597. The van der Waals surface area contributed by atoms with Gasteiger partial charge in [-0.1, -0.05) is 11.6 Å². The van der Waals surface area contributed by atoms with Crippen molar-refractivity contribution in [2.45, 2.75) is 18.9 Å². The van der Waals surface area contributed by atoms with Crippen LogP contribution in [0.5, 0.6) is 5.75 Å². The molecule has 20 heavy (non-hydrogen) atoms. The first-order valence-electron chi connectivity index (χ1n) is 6.46. The summed E-state index contributed by atoms with van der Waals surface area (Å²) in [7, 11) is 2.83. The highest BCUT2D eigenvalue weighted by Crippen LogP contribution is 2.32. The first-order chi connectivity index (χ1) is 9.65. The standard InChI is InChI=1S/C14H18ClNO4/c1-18-13-8-12(16-9-3-5-20-6-4-9)11(15)7-10(13)14(17)19-2/h7-9,16H,3-6H2,1-2H3. The summed E-state index contributed by atoms with van der Waals surface area (Å²) in [5, 5.41) is 3.83. The lowest BCUT2D eigenvalue weighted by atomic mass is 10.1. The Morgan fingerprint density at radius 3 is 2.65 bits per heavy atom. The third-order valence-corrected chi connectivity index (χ3v) is 3.59. The van der Waals surface area contributed by atoms with E-state index in [-0.39, 0.29) is 0 Å². The normalized spacial score (nSPS) is 15.8. The summed E-state index contributed by atoms with van der Waals surface area (Å²) in [6.07, 6.45) is 1.86. The minimum absolute atomic E-state index is 0.315. The third-order valence-electron chi connectivity index (χ3n) is 3.28. The SMILES string of the molecule is COC(=O)c1cc(Cl)c(NC2CCOCC2)cc1OC. The predicted octanol–water partition coefficient (Wildman–Crippen LogP) is 2.73. The van der Waals surface area contributed by atoms with Crippen molar-refractivity contribution >= 4 is 23.3 Å². The monoisotopic (exact) mass is 299 g/mol. The number of hydrogen-bond acceptors (Lipinski definition) is 5. The second-order valence-electron chi connectivity index (χ2n) is 4.55. The number of rotatable bonds is 4. The van der Waals surface area contributed by atoms with Gasteiger partial charge in [0.2, 0.25) is 0 Å². The average Bonchev–Trinajstić information content (AvgIpc) is 2.49. The molecule has 0 bridgehead atoms. The van der Waals surface area contributed by atoms with Gasteiger partial charge in [0.1, 0.15) is 11.3 Å². The molecule has 0 amide bonds. The minimum atomic E-state index is -0.471. The second kappa shape index (κ2) is 6.81. The van der Waals surface area contributed by atoms with Gasteiger partial charge in [-0.15, -0.1) is 0 Å². The summed E-state index contributed by atoms with van der Waals surface area (Å²) in [6, 6.07) is 3.60. The molecule has 1 aromatic rings. The summed E-state index contributed by atoms with van der Waals surface area (Å²) >= 11 is 6.22. The summed E-state index contributed by atoms with van der Waals surface area (Å²) < 4.78 is 15.3. The molecule has 1 fully saturated rings. The quantitative estimate of drug-likeness (QED) is 0.866. The van der Waals surface area contributed by atoms with Crippen LogP contribution >= 0.6 is 11.6 Å². The third kappa shape index (κ3) is 3.35. The Morgan fingerprint density at radius 2 is 2.05 bits per heavy atom. The van der Waals surface area contributed by atoms with Crippen LogP contribution in [0.25, 0.3) is 0 Å². The summed E-state index contributed by atoms with van der Waals surface area (Å²) in [5.74, 6) is -0.0304. The number of hydrogen-bond donors (Lipinski definition) is 1. The van der Waals surface area contributed by atoms with Crippen LogP contribution in [0.3, 0.4) is 0 Å². The Hall–Kier alpha value is -1.46. The van der Waals surface area contributed by atoms with E-state index < -0.39 is 5.97 Å². The fourth-order valence-corrected chi connectivity index (χ4v) is 2.38. The van der Waals surface area contributed by atoms with Crippen molar-refractivity contribution in [3.63, 3.8) is 0 Å². The molecule has 0 aromatic heterocycles. The molecule has 0 unspecified atom stereocenters. The number of nitrogens with one attached hydrogen (secondary N) is 1. The van der Waals surface area contributed by atoms with Gasteiger partial charge < -0.3 is 19.5 Å². The van der Waals surface area contributed by atoms with Gasteiger partial charge in [0.25, 0.3) is 0 Å². The van der Waals surface area contributed by atoms with Gasteiger partial charge >= 0.3 is 5.97 Å². The van der Waals surface area contributed by atoms with Crippen molar-refractivity contribution in [2.24, 2.45) is 0 Å². The van der Waals surface area contributed by atoms with Gasteiger partial charge in [-0.2, -0.15) is 0 Å². The fraction of sp³-hybridized carbons (Fsp3) is 0.500. The van der Waals surface area contributed by atoms with Gasteiger partial charge in [0.05, 0.1) is 24.9 Å². The molecule has 5 nitrogen and oxygen atoms in total. The van der Waals surface area contributed by atoms with Crippen LogP contribution in [0.4, 0.5) is 5.69 Å². The zero-order valence-electron chi connectivity index (χ0n) is 11.6. The molecule has 0 saturated carbocycles. The van der Waals surface area contributed by atoms with Gasteiger partial charge in [0, 0.05) is 25.3 Å². The molecule has 2 rings (SSSR count). The Balaban J connectivity index is 2.23. The smallest absolute Gasteiger partial charge is 0.341 e. The number of methoxy groups -OCH3 is 2. The maximum Gasteiger partial charge on any atom is 0.341 e. The van der Waals surface area contributed by atoms with Gasteiger partial charge in [-0.3, -0.25) is 0 Å². The van der Waals surface area contributed by atoms with Crippen molar-refractivity contribution in [2.75, 3.05) is 32.8 Å². The van der Waals surface area contributed by atoms with Crippen LogP contribution in [0.2, 0.25) is 5.02 Å². The van der Waals surface area contributed by atoms with Crippen LogP contribution in [-0.4, -0.2) is 39.4 Å². The van der Waals surface area contributed by atoms with Crippen LogP contribution in [0.1, 0.15) is 23.2 Å². The molecule has 0 atom stereocenters. The Bertz CT molecular complexity index is 486. The predicted molar refractivity (Wildman–Crippen MR) is 76.8 cm³/mol. The van der Waals surface area contributed by atoms with E-state index >= 15 is 0 Å². The van der Waals surface area contributed by atoms with Gasteiger partial charge in [0.15, 0.2) is 0 Å². The van der Waals surface area contributed by atoms with Gasteiger partial charge in [-0.05, 0) is 18.9 Å². The first kappa shape index (κ1) is 14.9. The number of esters is 1. The van der Waals surface area contributed by atoms with Gasteiger partial charge in [-0.25, -0.2) is 4.79 Å². The molecule has 1 saturated heterocycles. The molecule has 0 aliphatic carbocycles. The van der Waals surface area contributed by atoms with Crippen LogP contribution in [0.15, 0.2) is 12.1 Å². The Labute approximate surface area is 123 Å². The molecule has 6 heteroatoms. The molecular weight excluding hydrogens is 282 g/mol. The summed E-state index contributed by atoms with van der Waals surface area (Å²) in [6.45, 7) is 1.49. The van der Waals surface area contributed by atoms with E-state index in [9.17, 15) is 4.79 Å². The van der Waals surface area contributed by atoms with E-state index in [0.29, 0.717) is 22.4 Å². The van der Waals surface area contributed by atoms with E-state index in [0.717, 1.165) is 31.7 Å². The molecule has 1 aliphatic heterocycles.